The maximum absolute atomic E-state index is 12.8. The lowest BCUT2D eigenvalue weighted by Crippen LogP contribution is -2.36. The molecule has 0 atom stereocenters. The van der Waals surface area contributed by atoms with Crippen LogP contribution in [0.1, 0.15) is 5.82 Å². The SMILES string of the molecule is O=C(Cn1c(=O)nc2n1C(=O)N(c1ccccc1)C2)Nc1ccccc1Cl. The Labute approximate surface area is 158 Å². The summed E-state index contributed by atoms with van der Waals surface area (Å²) in [6.07, 6.45) is 0. The van der Waals surface area contributed by atoms with Crippen LogP contribution in [0.15, 0.2) is 59.4 Å². The van der Waals surface area contributed by atoms with Crippen LogP contribution in [0, 0.1) is 0 Å². The minimum Gasteiger partial charge on any atom is -0.323 e. The molecule has 2 aromatic carbocycles. The molecule has 2 heterocycles. The van der Waals surface area contributed by atoms with Crippen molar-refractivity contribution in [1.29, 1.82) is 0 Å². The second kappa shape index (κ2) is 6.73. The van der Waals surface area contributed by atoms with Crippen LogP contribution in [-0.4, -0.2) is 26.3 Å². The first-order valence-electron chi connectivity index (χ1n) is 8.14. The summed E-state index contributed by atoms with van der Waals surface area (Å²) in [7, 11) is 0. The Morgan fingerprint density at radius 1 is 1.07 bits per heavy atom. The highest BCUT2D eigenvalue weighted by atomic mass is 35.5. The maximum atomic E-state index is 12.8. The van der Waals surface area contributed by atoms with Gasteiger partial charge in [0.1, 0.15) is 6.54 Å². The molecule has 3 aromatic rings. The lowest BCUT2D eigenvalue weighted by Gasteiger charge is -2.15. The summed E-state index contributed by atoms with van der Waals surface area (Å²) in [5.41, 5.74) is 0.462. The predicted octanol–water partition coefficient (Wildman–Crippen LogP) is 2.33. The van der Waals surface area contributed by atoms with Crippen molar-refractivity contribution in [1.82, 2.24) is 14.3 Å². The van der Waals surface area contributed by atoms with Crippen molar-refractivity contribution in [3.05, 3.63) is 75.9 Å². The monoisotopic (exact) mass is 383 g/mol. The lowest BCUT2D eigenvalue weighted by molar-refractivity contribution is -0.117. The van der Waals surface area contributed by atoms with Gasteiger partial charge in [-0.05, 0) is 24.3 Å². The van der Waals surface area contributed by atoms with E-state index in [0.29, 0.717) is 22.2 Å². The van der Waals surface area contributed by atoms with Gasteiger partial charge in [-0.15, -0.1) is 0 Å². The second-order valence-electron chi connectivity index (χ2n) is 5.91. The van der Waals surface area contributed by atoms with Gasteiger partial charge in [0.2, 0.25) is 5.91 Å². The fourth-order valence-corrected chi connectivity index (χ4v) is 3.10. The van der Waals surface area contributed by atoms with E-state index in [-0.39, 0.29) is 13.1 Å². The van der Waals surface area contributed by atoms with Gasteiger partial charge in [0.05, 0.1) is 17.3 Å². The molecule has 0 fully saturated rings. The number of hydrogen-bond donors (Lipinski definition) is 1. The van der Waals surface area contributed by atoms with Crippen molar-refractivity contribution >= 4 is 34.9 Å². The minimum atomic E-state index is -0.652. The first-order valence-corrected chi connectivity index (χ1v) is 8.52. The number of para-hydroxylation sites is 2. The summed E-state index contributed by atoms with van der Waals surface area (Å²) in [5.74, 6) is -0.196. The van der Waals surface area contributed by atoms with E-state index in [4.69, 9.17) is 11.6 Å². The highest BCUT2D eigenvalue weighted by Crippen LogP contribution is 2.23. The minimum absolute atomic E-state index is 0.164. The summed E-state index contributed by atoms with van der Waals surface area (Å²) in [6.45, 7) is -0.192. The number of anilines is 2. The third-order valence-electron chi connectivity index (χ3n) is 4.15. The van der Waals surface area contributed by atoms with Crippen LogP contribution in [0.25, 0.3) is 0 Å². The van der Waals surface area contributed by atoms with E-state index < -0.39 is 17.6 Å². The molecule has 1 aliphatic heterocycles. The van der Waals surface area contributed by atoms with Crippen LogP contribution < -0.4 is 15.9 Å². The Balaban J connectivity index is 1.58. The predicted molar refractivity (Wildman–Crippen MR) is 100.0 cm³/mol. The van der Waals surface area contributed by atoms with Crippen LogP contribution in [-0.2, 0) is 17.9 Å². The average molecular weight is 384 g/mol. The molecule has 0 unspecified atom stereocenters. The number of nitrogens with one attached hydrogen (secondary N) is 1. The van der Waals surface area contributed by atoms with Crippen molar-refractivity contribution in [2.24, 2.45) is 0 Å². The molecule has 0 saturated heterocycles. The highest BCUT2D eigenvalue weighted by Gasteiger charge is 2.33. The Kier molecular flexibility index (Phi) is 4.25. The van der Waals surface area contributed by atoms with Crippen molar-refractivity contribution in [2.75, 3.05) is 10.2 Å². The zero-order chi connectivity index (χ0) is 19.0. The maximum Gasteiger partial charge on any atom is 0.365 e. The third-order valence-corrected chi connectivity index (χ3v) is 4.48. The number of fused-ring (bicyclic) bond motifs is 1. The quantitative estimate of drug-likeness (QED) is 0.748. The molecule has 0 saturated carbocycles. The smallest absolute Gasteiger partial charge is 0.323 e. The van der Waals surface area contributed by atoms with E-state index in [2.05, 4.69) is 10.3 Å². The van der Waals surface area contributed by atoms with E-state index in [1.165, 1.54) is 4.90 Å². The van der Waals surface area contributed by atoms with Crippen LogP contribution in [0.2, 0.25) is 5.02 Å². The number of amides is 2. The standard InChI is InChI=1S/C18H14ClN5O3/c19-13-8-4-5-9-14(13)20-16(25)11-23-17(26)21-15-10-22(18(27)24(15)23)12-6-2-1-3-7-12/h1-9H,10-11H2,(H,20,25). The van der Waals surface area contributed by atoms with E-state index in [9.17, 15) is 14.4 Å². The number of carbonyl (C=O) groups excluding carboxylic acids is 2. The van der Waals surface area contributed by atoms with Crippen LogP contribution in [0.4, 0.5) is 16.2 Å². The van der Waals surface area contributed by atoms with E-state index in [0.717, 1.165) is 9.36 Å². The Morgan fingerprint density at radius 2 is 1.78 bits per heavy atom. The molecule has 0 spiro atoms. The molecule has 8 nitrogen and oxygen atoms in total. The third kappa shape index (κ3) is 3.11. The number of hydrogen-bond acceptors (Lipinski definition) is 4. The van der Waals surface area contributed by atoms with Gasteiger partial charge in [0, 0.05) is 5.69 Å². The molecule has 1 aromatic heterocycles. The number of nitrogens with zero attached hydrogens (tertiary/aromatic N) is 4. The molecule has 2 amide bonds. The fraction of sp³-hybridized carbons (Fsp3) is 0.111. The number of benzene rings is 2. The zero-order valence-corrected chi connectivity index (χ0v) is 14.8. The number of rotatable bonds is 4. The Morgan fingerprint density at radius 3 is 2.52 bits per heavy atom. The Bertz CT molecular complexity index is 1090. The van der Waals surface area contributed by atoms with Gasteiger partial charge in [0.15, 0.2) is 5.82 Å². The largest absolute Gasteiger partial charge is 0.365 e. The average Bonchev–Trinajstić information content (AvgIpc) is 3.14. The molecule has 0 radical (unpaired) electrons. The second-order valence-corrected chi connectivity index (χ2v) is 6.32. The molecule has 4 rings (SSSR count). The molecular weight excluding hydrogens is 370 g/mol. The number of carbonyl (C=O) groups is 2. The highest BCUT2D eigenvalue weighted by molar-refractivity contribution is 6.33. The molecule has 0 bridgehead atoms. The summed E-state index contributed by atoms with van der Waals surface area (Å²) in [5, 5.41) is 3.01. The van der Waals surface area contributed by atoms with E-state index in [1.807, 2.05) is 18.2 Å². The molecule has 1 aliphatic rings. The van der Waals surface area contributed by atoms with Gasteiger partial charge < -0.3 is 5.32 Å². The molecule has 9 heteroatoms. The van der Waals surface area contributed by atoms with Crippen molar-refractivity contribution in [2.45, 2.75) is 13.1 Å². The lowest BCUT2D eigenvalue weighted by atomic mass is 10.3. The van der Waals surface area contributed by atoms with Gasteiger partial charge in [-0.25, -0.2) is 14.3 Å². The van der Waals surface area contributed by atoms with Gasteiger partial charge in [0.25, 0.3) is 0 Å². The topological polar surface area (TPSA) is 89.2 Å². The van der Waals surface area contributed by atoms with Crippen LogP contribution in [0.3, 0.4) is 0 Å². The first-order chi connectivity index (χ1) is 13.0. The zero-order valence-electron chi connectivity index (χ0n) is 14.0. The fourth-order valence-electron chi connectivity index (χ4n) is 2.92. The van der Waals surface area contributed by atoms with Gasteiger partial charge >= 0.3 is 11.7 Å². The van der Waals surface area contributed by atoms with E-state index in [1.54, 1.807) is 36.4 Å². The van der Waals surface area contributed by atoms with Crippen molar-refractivity contribution in [3.8, 4) is 0 Å². The summed E-state index contributed by atoms with van der Waals surface area (Å²) in [4.78, 5) is 42.6. The molecule has 0 aliphatic carbocycles. The first kappa shape index (κ1) is 17.0. The van der Waals surface area contributed by atoms with Crippen molar-refractivity contribution in [3.63, 3.8) is 0 Å². The van der Waals surface area contributed by atoms with E-state index >= 15 is 0 Å². The molecule has 27 heavy (non-hydrogen) atoms. The number of halogens is 1. The summed E-state index contributed by atoms with van der Waals surface area (Å²) in [6, 6.07) is 15.4. The normalized spacial score (nSPS) is 12.9. The summed E-state index contributed by atoms with van der Waals surface area (Å²) >= 11 is 6.02. The molecular formula is C18H14ClN5O3. The van der Waals surface area contributed by atoms with Gasteiger partial charge in [-0.1, -0.05) is 41.9 Å². The molecule has 1 N–H and O–H groups in total. The van der Waals surface area contributed by atoms with Crippen molar-refractivity contribution < 1.29 is 9.59 Å². The Hall–Kier alpha value is -3.39. The summed E-state index contributed by atoms with van der Waals surface area (Å²) < 4.78 is 2.16. The number of aromatic nitrogens is 3. The van der Waals surface area contributed by atoms with Crippen LogP contribution >= 0.6 is 11.6 Å². The molecule has 136 valence electrons. The van der Waals surface area contributed by atoms with Gasteiger partial charge in [-0.3, -0.25) is 9.69 Å². The van der Waals surface area contributed by atoms with Crippen LogP contribution in [0.5, 0.6) is 0 Å². The van der Waals surface area contributed by atoms with Gasteiger partial charge in [-0.2, -0.15) is 9.67 Å².